The van der Waals surface area contributed by atoms with Crippen molar-refractivity contribution >= 4 is 24.0 Å². The van der Waals surface area contributed by atoms with Crippen molar-refractivity contribution in [2.75, 3.05) is 20.8 Å². The summed E-state index contributed by atoms with van der Waals surface area (Å²) in [6.45, 7) is 1.07. The van der Waals surface area contributed by atoms with Gasteiger partial charge in [0.1, 0.15) is 0 Å². The van der Waals surface area contributed by atoms with E-state index in [1.807, 2.05) is 12.1 Å². The molecule has 1 aliphatic heterocycles. The van der Waals surface area contributed by atoms with E-state index in [9.17, 15) is 0 Å². The van der Waals surface area contributed by atoms with Crippen LogP contribution in [0.5, 0.6) is 11.5 Å². The second kappa shape index (κ2) is 7.83. The Morgan fingerprint density at radius 1 is 1.16 bits per heavy atom. The molecule has 108 valence electrons. The number of benzene rings is 1. The molecule has 0 aromatic heterocycles. The summed E-state index contributed by atoms with van der Waals surface area (Å²) in [5.41, 5.74) is 1.18. The minimum absolute atomic E-state index is 0. The fourth-order valence-electron chi connectivity index (χ4n) is 2.45. The van der Waals surface area contributed by atoms with E-state index in [0.29, 0.717) is 22.6 Å². The van der Waals surface area contributed by atoms with Gasteiger partial charge in [0, 0.05) is 6.04 Å². The van der Waals surface area contributed by atoms with Gasteiger partial charge in [-0.25, -0.2) is 0 Å². The molecule has 1 aliphatic rings. The van der Waals surface area contributed by atoms with E-state index in [2.05, 4.69) is 5.32 Å². The fourth-order valence-corrected chi connectivity index (χ4v) is 2.75. The van der Waals surface area contributed by atoms with Crippen LogP contribution in [0.1, 0.15) is 37.3 Å². The summed E-state index contributed by atoms with van der Waals surface area (Å²) in [6.07, 6.45) is 4.94. The molecule has 0 saturated carbocycles. The molecule has 1 unspecified atom stereocenters. The predicted octanol–water partition coefficient (Wildman–Crippen LogP) is 3.98. The largest absolute Gasteiger partial charge is 0.493 e. The van der Waals surface area contributed by atoms with E-state index >= 15 is 0 Å². The molecule has 1 fully saturated rings. The van der Waals surface area contributed by atoms with Crippen LogP contribution in [0.4, 0.5) is 0 Å². The Kier molecular flexibility index (Phi) is 6.76. The van der Waals surface area contributed by atoms with Crippen LogP contribution in [0, 0.1) is 0 Å². The number of hydrogen-bond acceptors (Lipinski definition) is 3. The SMILES string of the molecule is COc1cc(C2CCCCCN2)cc(Cl)c1OC.Cl. The Morgan fingerprint density at radius 2 is 1.95 bits per heavy atom. The summed E-state index contributed by atoms with van der Waals surface area (Å²) in [5.74, 6) is 1.31. The van der Waals surface area contributed by atoms with Gasteiger partial charge in [0.15, 0.2) is 11.5 Å². The minimum atomic E-state index is 0. The molecule has 3 nitrogen and oxygen atoms in total. The van der Waals surface area contributed by atoms with Crippen LogP contribution in [0.3, 0.4) is 0 Å². The first-order chi connectivity index (χ1) is 8.76. The second-order valence-electron chi connectivity index (χ2n) is 4.59. The number of halogens is 2. The Morgan fingerprint density at radius 3 is 2.63 bits per heavy atom. The van der Waals surface area contributed by atoms with Gasteiger partial charge in [-0.15, -0.1) is 12.4 Å². The molecular weight excluding hydrogens is 285 g/mol. The predicted molar refractivity (Wildman–Crippen MR) is 81.0 cm³/mol. The quantitative estimate of drug-likeness (QED) is 0.916. The van der Waals surface area contributed by atoms with Crippen LogP contribution in [0.15, 0.2) is 12.1 Å². The van der Waals surface area contributed by atoms with Crippen molar-refractivity contribution in [1.82, 2.24) is 5.32 Å². The van der Waals surface area contributed by atoms with Gasteiger partial charge in [-0.05, 0) is 37.1 Å². The van der Waals surface area contributed by atoms with Crippen molar-refractivity contribution in [1.29, 1.82) is 0 Å². The summed E-state index contributed by atoms with van der Waals surface area (Å²) in [6, 6.07) is 4.37. The van der Waals surface area contributed by atoms with E-state index in [-0.39, 0.29) is 12.4 Å². The van der Waals surface area contributed by atoms with Gasteiger partial charge in [-0.2, -0.15) is 0 Å². The maximum Gasteiger partial charge on any atom is 0.179 e. The third kappa shape index (κ3) is 3.91. The van der Waals surface area contributed by atoms with E-state index in [0.717, 1.165) is 13.0 Å². The number of ether oxygens (including phenoxy) is 2. The first-order valence-corrected chi connectivity index (χ1v) is 6.79. The highest BCUT2D eigenvalue weighted by Gasteiger charge is 2.18. The van der Waals surface area contributed by atoms with Crippen molar-refractivity contribution in [3.05, 3.63) is 22.7 Å². The first-order valence-electron chi connectivity index (χ1n) is 6.41. The molecule has 1 saturated heterocycles. The van der Waals surface area contributed by atoms with Crippen molar-refractivity contribution in [3.8, 4) is 11.5 Å². The lowest BCUT2D eigenvalue weighted by molar-refractivity contribution is 0.354. The average molecular weight is 306 g/mol. The highest BCUT2D eigenvalue weighted by Crippen LogP contribution is 2.38. The number of methoxy groups -OCH3 is 2. The minimum Gasteiger partial charge on any atom is -0.493 e. The second-order valence-corrected chi connectivity index (χ2v) is 5.00. The van der Waals surface area contributed by atoms with Crippen molar-refractivity contribution in [2.45, 2.75) is 31.7 Å². The van der Waals surface area contributed by atoms with E-state index < -0.39 is 0 Å². The normalized spacial score (nSPS) is 19.2. The molecule has 5 heteroatoms. The lowest BCUT2D eigenvalue weighted by Gasteiger charge is -2.19. The van der Waals surface area contributed by atoms with Gasteiger partial charge in [0.25, 0.3) is 0 Å². The maximum atomic E-state index is 6.24. The first kappa shape index (κ1) is 16.4. The Balaban J connectivity index is 0.00000180. The Hall–Kier alpha value is -0.640. The molecule has 19 heavy (non-hydrogen) atoms. The molecule has 0 aliphatic carbocycles. The third-order valence-corrected chi connectivity index (χ3v) is 3.70. The molecular formula is C14H21Cl2NO2. The van der Waals surface area contributed by atoms with Crippen molar-refractivity contribution in [3.63, 3.8) is 0 Å². The van der Waals surface area contributed by atoms with Crippen LogP contribution >= 0.6 is 24.0 Å². The highest BCUT2D eigenvalue weighted by molar-refractivity contribution is 6.32. The zero-order valence-electron chi connectivity index (χ0n) is 11.4. The lowest BCUT2D eigenvalue weighted by atomic mass is 10.0. The van der Waals surface area contributed by atoms with Gasteiger partial charge >= 0.3 is 0 Å². The molecule has 0 radical (unpaired) electrons. The van der Waals surface area contributed by atoms with Crippen LogP contribution in [-0.2, 0) is 0 Å². The van der Waals surface area contributed by atoms with Gasteiger partial charge < -0.3 is 14.8 Å². The average Bonchev–Trinajstić information content (AvgIpc) is 2.66. The molecule has 1 atom stereocenters. The van der Waals surface area contributed by atoms with Gasteiger partial charge in [0.05, 0.1) is 19.2 Å². The molecule has 2 rings (SSSR count). The summed E-state index contributed by atoms with van der Waals surface area (Å²) < 4.78 is 10.6. The Bertz CT molecular complexity index is 405. The smallest absolute Gasteiger partial charge is 0.179 e. The molecule has 1 aromatic rings. The summed E-state index contributed by atoms with van der Waals surface area (Å²) in [4.78, 5) is 0. The van der Waals surface area contributed by atoms with Gasteiger partial charge in [0.2, 0.25) is 0 Å². The fraction of sp³-hybridized carbons (Fsp3) is 0.571. The summed E-state index contributed by atoms with van der Waals surface area (Å²) in [7, 11) is 3.24. The van der Waals surface area contributed by atoms with Gasteiger partial charge in [-0.3, -0.25) is 0 Å². The summed E-state index contributed by atoms with van der Waals surface area (Å²) in [5, 5.41) is 4.17. The number of nitrogens with one attached hydrogen (secondary N) is 1. The Labute approximate surface area is 126 Å². The standard InChI is InChI=1S/C14H20ClNO2.ClH/c1-17-13-9-10(8-11(15)14(13)18-2)12-6-4-3-5-7-16-12;/h8-9,12,16H,3-7H2,1-2H3;1H. The molecule has 1 aromatic carbocycles. The molecule has 0 spiro atoms. The van der Waals surface area contributed by atoms with Crippen LogP contribution in [0.25, 0.3) is 0 Å². The van der Waals surface area contributed by atoms with Crippen LogP contribution in [0.2, 0.25) is 5.02 Å². The van der Waals surface area contributed by atoms with E-state index in [4.69, 9.17) is 21.1 Å². The highest BCUT2D eigenvalue weighted by atomic mass is 35.5. The zero-order valence-corrected chi connectivity index (χ0v) is 12.9. The monoisotopic (exact) mass is 305 g/mol. The topological polar surface area (TPSA) is 30.5 Å². The van der Waals surface area contributed by atoms with Crippen molar-refractivity contribution < 1.29 is 9.47 Å². The molecule has 1 heterocycles. The number of rotatable bonds is 3. The number of hydrogen-bond donors (Lipinski definition) is 1. The van der Waals surface area contributed by atoms with Crippen LogP contribution in [-0.4, -0.2) is 20.8 Å². The summed E-state index contributed by atoms with van der Waals surface area (Å²) >= 11 is 6.24. The molecule has 1 N–H and O–H groups in total. The van der Waals surface area contributed by atoms with Crippen molar-refractivity contribution in [2.24, 2.45) is 0 Å². The third-order valence-electron chi connectivity index (χ3n) is 3.42. The lowest BCUT2D eigenvalue weighted by Crippen LogP contribution is -2.20. The van der Waals surface area contributed by atoms with Gasteiger partial charge in [-0.1, -0.05) is 24.4 Å². The van der Waals surface area contributed by atoms with E-state index in [1.165, 1.54) is 24.8 Å². The molecule has 0 amide bonds. The van der Waals surface area contributed by atoms with E-state index in [1.54, 1.807) is 14.2 Å². The zero-order chi connectivity index (χ0) is 13.0. The van der Waals surface area contributed by atoms with Crippen LogP contribution < -0.4 is 14.8 Å². The molecule has 0 bridgehead atoms. The maximum absolute atomic E-state index is 6.24.